The lowest BCUT2D eigenvalue weighted by Gasteiger charge is -2.07. The van der Waals surface area contributed by atoms with Gasteiger partial charge in [-0.25, -0.2) is 4.79 Å². The Morgan fingerprint density at radius 1 is 1.20 bits per heavy atom. The molecule has 0 aliphatic rings. The SMILES string of the molecule is NCCOc1ccc(NC(=O)c2ccc(=O)oc2)cc1. The molecule has 0 radical (unpaired) electrons. The molecule has 6 heteroatoms. The third-order valence-electron chi connectivity index (χ3n) is 2.46. The Morgan fingerprint density at radius 2 is 1.95 bits per heavy atom. The van der Waals surface area contributed by atoms with Crippen molar-refractivity contribution in [3.8, 4) is 5.75 Å². The number of nitrogens with one attached hydrogen (secondary N) is 1. The van der Waals surface area contributed by atoms with E-state index in [1.165, 1.54) is 12.1 Å². The summed E-state index contributed by atoms with van der Waals surface area (Å²) in [5, 5.41) is 2.68. The zero-order valence-corrected chi connectivity index (χ0v) is 10.7. The molecule has 20 heavy (non-hydrogen) atoms. The summed E-state index contributed by atoms with van der Waals surface area (Å²) in [5.41, 5.74) is 5.72. The lowest BCUT2D eigenvalue weighted by molar-refractivity contribution is 0.102. The van der Waals surface area contributed by atoms with Gasteiger partial charge in [-0.3, -0.25) is 4.79 Å². The van der Waals surface area contributed by atoms with Gasteiger partial charge in [0, 0.05) is 18.3 Å². The van der Waals surface area contributed by atoms with Crippen LogP contribution in [0.4, 0.5) is 5.69 Å². The topological polar surface area (TPSA) is 94.6 Å². The van der Waals surface area contributed by atoms with Gasteiger partial charge in [-0.05, 0) is 30.3 Å². The molecule has 1 aromatic carbocycles. The van der Waals surface area contributed by atoms with Crippen molar-refractivity contribution in [3.05, 3.63) is 58.6 Å². The Balaban J connectivity index is 2.00. The van der Waals surface area contributed by atoms with Crippen LogP contribution in [0.1, 0.15) is 10.4 Å². The third kappa shape index (κ3) is 3.69. The highest BCUT2D eigenvalue weighted by atomic mass is 16.5. The molecule has 0 fully saturated rings. The van der Waals surface area contributed by atoms with Crippen molar-refractivity contribution < 1.29 is 13.9 Å². The lowest BCUT2D eigenvalue weighted by Crippen LogP contribution is -2.13. The average Bonchev–Trinajstić information content (AvgIpc) is 2.47. The number of carbonyl (C=O) groups is 1. The lowest BCUT2D eigenvalue weighted by atomic mass is 10.2. The number of hydrogen-bond donors (Lipinski definition) is 2. The normalized spacial score (nSPS) is 10.1. The van der Waals surface area contributed by atoms with Crippen LogP contribution in [0.5, 0.6) is 5.75 Å². The van der Waals surface area contributed by atoms with Gasteiger partial charge in [-0.2, -0.15) is 0 Å². The zero-order valence-electron chi connectivity index (χ0n) is 10.7. The minimum absolute atomic E-state index is 0.271. The molecule has 0 unspecified atom stereocenters. The van der Waals surface area contributed by atoms with E-state index in [0.29, 0.717) is 24.6 Å². The summed E-state index contributed by atoms with van der Waals surface area (Å²) < 4.78 is 9.96. The fourth-order valence-corrected chi connectivity index (χ4v) is 1.50. The quantitative estimate of drug-likeness (QED) is 0.855. The molecule has 0 saturated heterocycles. The van der Waals surface area contributed by atoms with Gasteiger partial charge in [0.15, 0.2) is 0 Å². The summed E-state index contributed by atoms with van der Waals surface area (Å²) in [7, 11) is 0. The number of carbonyl (C=O) groups excluding carboxylic acids is 1. The van der Waals surface area contributed by atoms with Gasteiger partial charge < -0.3 is 20.2 Å². The maximum absolute atomic E-state index is 11.9. The fraction of sp³-hybridized carbons (Fsp3) is 0.143. The van der Waals surface area contributed by atoms with Crippen molar-refractivity contribution in [2.24, 2.45) is 5.73 Å². The van der Waals surface area contributed by atoms with E-state index in [2.05, 4.69) is 9.73 Å². The van der Waals surface area contributed by atoms with Crippen LogP contribution < -0.4 is 21.4 Å². The highest BCUT2D eigenvalue weighted by molar-refractivity contribution is 6.03. The van der Waals surface area contributed by atoms with Gasteiger partial charge in [0.1, 0.15) is 18.6 Å². The van der Waals surface area contributed by atoms with Gasteiger partial charge in [0.2, 0.25) is 0 Å². The van der Waals surface area contributed by atoms with Gasteiger partial charge in [0.25, 0.3) is 5.91 Å². The smallest absolute Gasteiger partial charge is 0.335 e. The summed E-state index contributed by atoms with van der Waals surface area (Å²) in [6, 6.07) is 9.48. The number of anilines is 1. The van der Waals surface area contributed by atoms with Crippen LogP contribution in [0.25, 0.3) is 0 Å². The fourth-order valence-electron chi connectivity index (χ4n) is 1.50. The van der Waals surface area contributed by atoms with Gasteiger partial charge in [-0.15, -0.1) is 0 Å². The molecule has 3 N–H and O–H groups in total. The van der Waals surface area contributed by atoms with Crippen LogP contribution in [0.3, 0.4) is 0 Å². The van der Waals surface area contributed by atoms with E-state index in [1.54, 1.807) is 24.3 Å². The first-order valence-corrected chi connectivity index (χ1v) is 6.02. The predicted molar refractivity (Wildman–Crippen MR) is 73.9 cm³/mol. The summed E-state index contributed by atoms with van der Waals surface area (Å²) in [4.78, 5) is 22.7. The molecule has 1 amide bonds. The van der Waals surface area contributed by atoms with Crippen LogP contribution in [-0.4, -0.2) is 19.1 Å². The molecule has 0 bridgehead atoms. The van der Waals surface area contributed by atoms with E-state index in [-0.39, 0.29) is 11.5 Å². The van der Waals surface area contributed by atoms with E-state index in [4.69, 9.17) is 10.5 Å². The molecular formula is C14H14N2O4. The first kappa shape index (κ1) is 13.8. The molecule has 0 aliphatic heterocycles. The molecule has 0 atom stereocenters. The number of hydrogen-bond acceptors (Lipinski definition) is 5. The van der Waals surface area contributed by atoms with E-state index in [9.17, 15) is 9.59 Å². The number of ether oxygens (including phenoxy) is 1. The molecule has 0 aliphatic carbocycles. The maximum Gasteiger partial charge on any atom is 0.335 e. The first-order valence-electron chi connectivity index (χ1n) is 6.02. The van der Waals surface area contributed by atoms with E-state index < -0.39 is 5.63 Å². The van der Waals surface area contributed by atoms with Crippen molar-refractivity contribution in [1.29, 1.82) is 0 Å². The van der Waals surface area contributed by atoms with Crippen molar-refractivity contribution in [2.75, 3.05) is 18.5 Å². The van der Waals surface area contributed by atoms with E-state index in [0.717, 1.165) is 6.26 Å². The minimum Gasteiger partial charge on any atom is -0.492 e. The molecule has 1 heterocycles. The number of benzene rings is 1. The largest absolute Gasteiger partial charge is 0.492 e. The highest BCUT2D eigenvalue weighted by Gasteiger charge is 2.06. The second-order valence-corrected chi connectivity index (χ2v) is 3.96. The van der Waals surface area contributed by atoms with Crippen LogP contribution in [0.2, 0.25) is 0 Å². The number of rotatable bonds is 5. The Labute approximate surface area is 115 Å². The second-order valence-electron chi connectivity index (χ2n) is 3.96. The first-order chi connectivity index (χ1) is 9.69. The van der Waals surface area contributed by atoms with Crippen LogP contribution in [0.15, 0.2) is 51.9 Å². The number of amides is 1. The molecule has 2 rings (SSSR count). The minimum atomic E-state index is -0.497. The van der Waals surface area contributed by atoms with Gasteiger partial charge in [0.05, 0.1) is 5.56 Å². The molecule has 6 nitrogen and oxygen atoms in total. The monoisotopic (exact) mass is 274 g/mol. The van der Waals surface area contributed by atoms with Crippen molar-refractivity contribution in [1.82, 2.24) is 0 Å². The van der Waals surface area contributed by atoms with Crippen LogP contribution in [0, 0.1) is 0 Å². The van der Waals surface area contributed by atoms with Gasteiger partial charge >= 0.3 is 5.63 Å². The van der Waals surface area contributed by atoms with Crippen LogP contribution >= 0.6 is 0 Å². The Hall–Kier alpha value is -2.60. The summed E-state index contributed by atoms with van der Waals surface area (Å²) in [6.07, 6.45) is 1.12. The van der Waals surface area contributed by atoms with Crippen molar-refractivity contribution in [2.45, 2.75) is 0 Å². The maximum atomic E-state index is 11.9. The number of nitrogens with two attached hydrogens (primary N) is 1. The molecule has 2 aromatic rings. The molecule has 0 saturated carbocycles. The standard InChI is InChI=1S/C14H14N2O4/c15-7-8-19-12-4-2-11(3-5-12)16-14(18)10-1-6-13(17)20-9-10/h1-6,9H,7-8,15H2,(H,16,18). The molecule has 104 valence electrons. The van der Waals surface area contributed by atoms with E-state index >= 15 is 0 Å². The van der Waals surface area contributed by atoms with Crippen LogP contribution in [-0.2, 0) is 0 Å². The third-order valence-corrected chi connectivity index (χ3v) is 2.46. The molecule has 0 spiro atoms. The zero-order chi connectivity index (χ0) is 14.4. The van der Waals surface area contributed by atoms with Crippen molar-refractivity contribution >= 4 is 11.6 Å². The Morgan fingerprint density at radius 3 is 2.55 bits per heavy atom. The molecular weight excluding hydrogens is 260 g/mol. The average molecular weight is 274 g/mol. The van der Waals surface area contributed by atoms with Crippen molar-refractivity contribution in [3.63, 3.8) is 0 Å². The highest BCUT2D eigenvalue weighted by Crippen LogP contribution is 2.16. The summed E-state index contributed by atoms with van der Waals surface area (Å²) in [6.45, 7) is 0.881. The Kier molecular flexibility index (Phi) is 4.52. The summed E-state index contributed by atoms with van der Waals surface area (Å²) >= 11 is 0. The predicted octanol–water partition coefficient (Wildman–Crippen LogP) is 1.23. The second kappa shape index (κ2) is 6.53. The molecule has 1 aromatic heterocycles. The van der Waals surface area contributed by atoms with E-state index in [1.807, 2.05) is 0 Å². The van der Waals surface area contributed by atoms with Gasteiger partial charge in [-0.1, -0.05) is 0 Å². The Bertz CT molecular complexity index is 614. The summed E-state index contributed by atoms with van der Waals surface area (Å²) in [5.74, 6) is 0.323.